The van der Waals surface area contributed by atoms with Gasteiger partial charge in [-0.25, -0.2) is 17.8 Å². The predicted octanol–water partition coefficient (Wildman–Crippen LogP) is 1.16. The number of rotatable bonds is 4. The molecule has 0 unspecified atom stereocenters. The molecule has 0 bridgehead atoms. The van der Waals surface area contributed by atoms with E-state index in [9.17, 15) is 12.8 Å². The molecule has 2 rings (SSSR count). The number of hydrogen-bond donors (Lipinski definition) is 1. The third-order valence-corrected chi connectivity index (χ3v) is 4.59. The molecule has 0 spiro atoms. The van der Waals surface area contributed by atoms with Gasteiger partial charge < -0.3 is 10.3 Å². The van der Waals surface area contributed by atoms with E-state index in [0.717, 1.165) is 12.1 Å². The standard InChI is InChI=1S/C12H14FN3O2S/c1-16-6-5-15-12(16)4-7-19(17,18)11-8-9(13)2-3-10(11)14/h2-3,5-6,8H,4,7,14H2,1H3. The van der Waals surface area contributed by atoms with Crippen LogP contribution >= 0.6 is 0 Å². The molecule has 1 aromatic heterocycles. The molecule has 0 saturated heterocycles. The number of imidazole rings is 1. The minimum Gasteiger partial charge on any atom is -0.398 e. The van der Waals surface area contributed by atoms with Crippen molar-refractivity contribution in [1.82, 2.24) is 9.55 Å². The van der Waals surface area contributed by atoms with E-state index in [4.69, 9.17) is 5.73 Å². The van der Waals surface area contributed by atoms with Crippen LogP contribution in [0.2, 0.25) is 0 Å². The number of nitrogens with zero attached hydrogens (tertiary/aromatic N) is 2. The number of sulfone groups is 1. The Bertz CT molecular complexity index is 695. The second-order valence-electron chi connectivity index (χ2n) is 4.21. The third-order valence-electron chi connectivity index (χ3n) is 2.83. The molecule has 5 nitrogen and oxygen atoms in total. The number of nitrogen functional groups attached to an aromatic ring is 1. The van der Waals surface area contributed by atoms with Gasteiger partial charge in [-0.05, 0) is 18.2 Å². The molecule has 102 valence electrons. The molecule has 2 aromatic rings. The van der Waals surface area contributed by atoms with Gasteiger partial charge in [-0.15, -0.1) is 0 Å². The zero-order valence-corrected chi connectivity index (χ0v) is 11.2. The topological polar surface area (TPSA) is 78.0 Å². The highest BCUT2D eigenvalue weighted by Gasteiger charge is 2.19. The molecule has 0 radical (unpaired) electrons. The lowest BCUT2D eigenvalue weighted by molar-refractivity contribution is 0.589. The van der Waals surface area contributed by atoms with Crippen molar-refractivity contribution in [2.24, 2.45) is 7.05 Å². The fourth-order valence-corrected chi connectivity index (χ4v) is 3.14. The average Bonchev–Trinajstić information content (AvgIpc) is 2.75. The van der Waals surface area contributed by atoms with Gasteiger partial charge in [0.25, 0.3) is 0 Å². The van der Waals surface area contributed by atoms with Crippen LogP contribution in [0, 0.1) is 5.82 Å². The van der Waals surface area contributed by atoms with Crippen molar-refractivity contribution in [2.45, 2.75) is 11.3 Å². The molecule has 19 heavy (non-hydrogen) atoms. The van der Waals surface area contributed by atoms with Crippen LogP contribution in [0.4, 0.5) is 10.1 Å². The van der Waals surface area contributed by atoms with E-state index in [-0.39, 0.29) is 22.8 Å². The Hall–Kier alpha value is -1.89. The lowest BCUT2D eigenvalue weighted by Gasteiger charge is -2.07. The summed E-state index contributed by atoms with van der Waals surface area (Å²) >= 11 is 0. The van der Waals surface area contributed by atoms with Gasteiger partial charge in [0.05, 0.1) is 16.3 Å². The van der Waals surface area contributed by atoms with Gasteiger partial charge in [0, 0.05) is 25.9 Å². The number of benzene rings is 1. The summed E-state index contributed by atoms with van der Waals surface area (Å²) < 4.78 is 39.1. The Balaban J connectivity index is 2.23. The molecule has 0 atom stereocenters. The summed E-state index contributed by atoms with van der Waals surface area (Å²) in [4.78, 5) is 3.88. The molecule has 0 aliphatic carbocycles. The van der Waals surface area contributed by atoms with Crippen LogP contribution in [0.15, 0.2) is 35.5 Å². The molecule has 1 heterocycles. The van der Waals surface area contributed by atoms with Gasteiger partial charge in [-0.2, -0.15) is 0 Å². The molecule has 0 amide bonds. The lowest BCUT2D eigenvalue weighted by Crippen LogP contribution is -2.13. The molecule has 0 saturated carbocycles. The number of anilines is 1. The van der Waals surface area contributed by atoms with Crippen LogP contribution in [0.5, 0.6) is 0 Å². The van der Waals surface area contributed by atoms with Crippen molar-refractivity contribution >= 4 is 15.5 Å². The van der Waals surface area contributed by atoms with Crippen LogP contribution in [0.25, 0.3) is 0 Å². The first-order valence-corrected chi connectivity index (χ1v) is 7.29. The summed E-state index contributed by atoms with van der Waals surface area (Å²) in [7, 11) is -1.84. The van der Waals surface area contributed by atoms with Crippen LogP contribution in [-0.2, 0) is 23.3 Å². The van der Waals surface area contributed by atoms with Gasteiger partial charge >= 0.3 is 0 Å². The van der Waals surface area contributed by atoms with Crippen LogP contribution in [-0.4, -0.2) is 23.7 Å². The molecular formula is C12H14FN3O2S. The fourth-order valence-electron chi connectivity index (χ4n) is 1.75. The summed E-state index contributed by atoms with van der Waals surface area (Å²) in [6, 6.07) is 3.33. The van der Waals surface area contributed by atoms with E-state index in [1.165, 1.54) is 6.07 Å². The summed E-state index contributed by atoms with van der Waals surface area (Å²) in [6.45, 7) is 0. The zero-order chi connectivity index (χ0) is 14.0. The highest BCUT2D eigenvalue weighted by atomic mass is 32.2. The third kappa shape index (κ3) is 2.93. The Morgan fingerprint density at radius 1 is 1.42 bits per heavy atom. The van der Waals surface area contributed by atoms with E-state index < -0.39 is 15.7 Å². The molecule has 0 aliphatic rings. The summed E-state index contributed by atoms with van der Waals surface area (Å²) in [5.41, 5.74) is 5.64. The number of aryl methyl sites for hydroxylation is 2. The molecule has 1 aromatic carbocycles. The number of halogens is 1. The average molecular weight is 283 g/mol. The molecule has 2 N–H and O–H groups in total. The van der Waals surface area contributed by atoms with Gasteiger partial charge in [-0.3, -0.25) is 0 Å². The maximum absolute atomic E-state index is 13.1. The molecule has 7 heteroatoms. The molecular weight excluding hydrogens is 269 g/mol. The van der Waals surface area contributed by atoms with Gasteiger partial charge in [0.2, 0.25) is 0 Å². The molecule has 0 fully saturated rings. The Morgan fingerprint density at radius 3 is 2.79 bits per heavy atom. The highest BCUT2D eigenvalue weighted by Crippen LogP contribution is 2.21. The fraction of sp³-hybridized carbons (Fsp3) is 0.250. The summed E-state index contributed by atoms with van der Waals surface area (Å²) in [5, 5.41) is 0. The monoisotopic (exact) mass is 283 g/mol. The summed E-state index contributed by atoms with van der Waals surface area (Å²) in [6.07, 6.45) is 3.58. The van der Waals surface area contributed by atoms with E-state index >= 15 is 0 Å². The Kier molecular flexibility index (Phi) is 3.57. The van der Waals surface area contributed by atoms with Crippen molar-refractivity contribution < 1.29 is 12.8 Å². The van der Waals surface area contributed by atoms with Crippen LogP contribution in [0.1, 0.15) is 5.82 Å². The number of hydrogen-bond acceptors (Lipinski definition) is 4. The Labute approximate surface area is 110 Å². The van der Waals surface area contributed by atoms with Crippen LogP contribution < -0.4 is 5.73 Å². The predicted molar refractivity (Wildman–Crippen MR) is 69.8 cm³/mol. The summed E-state index contributed by atoms with van der Waals surface area (Å²) in [5.74, 6) is -0.130. The first kappa shape index (κ1) is 13.5. The zero-order valence-electron chi connectivity index (χ0n) is 10.4. The second kappa shape index (κ2) is 5.00. The van der Waals surface area contributed by atoms with E-state index in [1.807, 2.05) is 0 Å². The minimum atomic E-state index is -3.62. The van der Waals surface area contributed by atoms with E-state index in [1.54, 1.807) is 24.0 Å². The van der Waals surface area contributed by atoms with Crippen molar-refractivity contribution in [3.63, 3.8) is 0 Å². The van der Waals surface area contributed by atoms with Crippen LogP contribution in [0.3, 0.4) is 0 Å². The maximum Gasteiger partial charge on any atom is 0.180 e. The normalized spacial score (nSPS) is 11.7. The van der Waals surface area contributed by atoms with Crippen molar-refractivity contribution in [1.29, 1.82) is 0 Å². The number of nitrogens with two attached hydrogens (primary N) is 1. The lowest BCUT2D eigenvalue weighted by atomic mass is 10.3. The van der Waals surface area contributed by atoms with E-state index in [0.29, 0.717) is 5.82 Å². The second-order valence-corrected chi connectivity index (χ2v) is 6.28. The highest BCUT2D eigenvalue weighted by molar-refractivity contribution is 7.91. The first-order valence-electron chi connectivity index (χ1n) is 5.64. The SMILES string of the molecule is Cn1ccnc1CCS(=O)(=O)c1cc(F)ccc1N. The Morgan fingerprint density at radius 2 is 2.16 bits per heavy atom. The number of aromatic nitrogens is 2. The smallest absolute Gasteiger partial charge is 0.180 e. The first-order chi connectivity index (χ1) is 8.90. The van der Waals surface area contributed by atoms with Crippen molar-refractivity contribution in [3.8, 4) is 0 Å². The molecule has 0 aliphatic heterocycles. The van der Waals surface area contributed by atoms with E-state index in [2.05, 4.69) is 4.98 Å². The maximum atomic E-state index is 13.1. The van der Waals surface area contributed by atoms with Gasteiger partial charge in [0.15, 0.2) is 9.84 Å². The quantitative estimate of drug-likeness (QED) is 0.854. The van der Waals surface area contributed by atoms with Crippen molar-refractivity contribution in [2.75, 3.05) is 11.5 Å². The largest absolute Gasteiger partial charge is 0.398 e. The van der Waals surface area contributed by atoms with Crippen molar-refractivity contribution in [3.05, 3.63) is 42.2 Å². The van der Waals surface area contributed by atoms with Gasteiger partial charge in [0.1, 0.15) is 11.6 Å². The van der Waals surface area contributed by atoms with Gasteiger partial charge in [-0.1, -0.05) is 0 Å². The minimum absolute atomic E-state index is 0.0567.